The molecule has 0 bridgehead atoms. The zero-order valence-electron chi connectivity index (χ0n) is 16.1. The first-order valence-corrected chi connectivity index (χ1v) is 9.72. The number of benzene rings is 2. The van der Waals surface area contributed by atoms with E-state index in [-0.39, 0.29) is 17.9 Å². The van der Waals surface area contributed by atoms with Crippen LogP contribution in [0.25, 0.3) is 0 Å². The third-order valence-corrected chi connectivity index (χ3v) is 4.87. The van der Waals surface area contributed by atoms with Crippen LogP contribution >= 0.6 is 0 Å². The molecule has 0 spiro atoms. The average molecular weight is 367 g/mol. The molecule has 5 heteroatoms. The van der Waals surface area contributed by atoms with Crippen LogP contribution < -0.4 is 20.9 Å². The van der Waals surface area contributed by atoms with Crippen LogP contribution in [0.15, 0.2) is 48.5 Å². The van der Waals surface area contributed by atoms with Gasteiger partial charge in [0.1, 0.15) is 5.75 Å². The highest BCUT2D eigenvalue weighted by Gasteiger charge is 2.33. The number of nitrogens with one attached hydrogen (secondary N) is 3. The van der Waals surface area contributed by atoms with E-state index < -0.39 is 0 Å². The summed E-state index contributed by atoms with van der Waals surface area (Å²) in [4.78, 5) is 12.7. The summed E-state index contributed by atoms with van der Waals surface area (Å²) in [5.74, 6) is 0.780. The molecule has 1 aliphatic rings. The Morgan fingerprint density at radius 2 is 2.04 bits per heavy atom. The number of ether oxygens (including phenoxy) is 1. The van der Waals surface area contributed by atoms with Crippen molar-refractivity contribution in [2.75, 3.05) is 13.2 Å². The lowest BCUT2D eigenvalue weighted by Gasteiger charge is -2.19. The Bertz CT molecular complexity index is 745. The van der Waals surface area contributed by atoms with Crippen LogP contribution in [0.2, 0.25) is 0 Å². The van der Waals surface area contributed by atoms with Gasteiger partial charge in [-0.2, -0.15) is 0 Å². The summed E-state index contributed by atoms with van der Waals surface area (Å²) >= 11 is 0. The van der Waals surface area contributed by atoms with Gasteiger partial charge in [-0.3, -0.25) is 10.2 Å². The maximum atomic E-state index is 12.7. The summed E-state index contributed by atoms with van der Waals surface area (Å²) < 4.78 is 5.72. The Morgan fingerprint density at radius 3 is 2.78 bits per heavy atom. The number of hydrogen-bond acceptors (Lipinski definition) is 4. The molecule has 1 heterocycles. The largest absolute Gasteiger partial charge is 0.494 e. The summed E-state index contributed by atoms with van der Waals surface area (Å²) in [5, 5.41) is 3.07. The highest BCUT2D eigenvalue weighted by atomic mass is 16.5. The lowest BCUT2D eigenvalue weighted by molar-refractivity contribution is -0.125. The third kappa shape index (κ3) is 5.31. The number of amides is 1. The van der Waals surface area contributed by atoms with Gasteiger partial charge in [0.25, 0.3) is 0 Å². The van der Waals surface area contributed by atoms with Crippen LogP contribution in [-0.2, 0) is 11.3 Å². The van der Waals surface area contributed by atoms with E-state index in [0.29, 0.717) is 13.1 Å². The molecule has 144 valence electrons. The van der Waals surface area contributed by atoms with Crippen LogP contribution in [-0.4, -0.2) is 19.1 Å². The van der Waals surface area contributed by atoms with Crippen molar-refractivity contribution in [2.45, 2.75) is 39.3 Å². The maximum absolute atomic E-state index is 12.7. The summed E-state index contributed by atoms with van der Waals surface area (Å²) in [6.45, 7) is 6.10. The van der Waals surface area contributed by atoms with Gasteiger partial charge in [-0.1, -0.05) is 55.3 Å². The zero-order chi connectivity index (χ0) is 19.1. The average Bonchev–Trinajstić information content (AvgIpc) is 3.17. The molecule has 0 saturated carbocycles. The van der Waals surface area contributed by atoms with Gasteiger partial charge < -0.3 is 10.1 Å². The molecule has 2 aromatic carbocycles. The quantitative estimate of drug-likeness (QED) is 0.627. The normalized spacial score (nSPS) is 19.0. The van der Waals surface area contributed by atoms with Crippen molar-refractivity contribution < 1.29 is 9.53 Å². The van der Waals surface area contributed by atoms with E-state index in [1.165, 1.54) is 5.56 Å². The van der Waals surface area contributed by atoms with E-state index in [4.69, 9.17) is 4.74 Å². The first kappa shape index (κ1) is 19.4. The number of hydrogen-bond donors (Lipinski definition) is 3. The molecule has 27 heavy (non-hydrogen) atoms. The van der Waals surface area contributed by atoms with Gasteiger partial charge in [0.05, 0.1) is 18.6 Å². The Balaban J connectivity index is 1.58. The highest BCUT2D eigenvalue weighted by molar-refractivity contribution is 5.80. The molecule has 2 unspecified atom stereocenters. The van der Waals surface area contributed by atoms with E-state index in [1.54, 1.807) is 0 Å². The second-order valence-corrected chi connectivity index (χ2v) is 7.09. The smallest absolute Gasteiger partial charge is 0.226 e. The van der Waals surface area contributed by atoms with Crippen molar-refractivity contribution in [1.82, 2.24) is 16.2 Å². The first-order valence-electron chi connectivity index (χ1n) is 9.72. The second-order valence-electron chi connectivity index (χ2n) is 7.09. The van der Waals surface area contributed by atoms with Crippen molar-refractivity contribution in [3.63, 3.8) is 0 Å². The summed E-state index contributed by atoms with van der Waals surface area (Å²) in [7, 11) is 0. The molecular weight excluding hydrogens is 338 g/mol. The minimum Gasteiger partial charge on any atom is -0.494 e. The lowest BCUT2D eigenvalue weighted by Crippen LogP contribution is -2.34. The molecule has 1 amide bonds. The number of aryl methyl sites for hydroxylation is 1. The number of rotatable bonds is 8. The van der Waals surface area contributed by atoms with Gasteiger partial charge in [-0.05, 0) is 36.6 Å². The highest BCUT2D eigenvalue weighted by Crippen LogP contribution is 2.27. The topological polar surface area (TPSA) is 62.4 Å². The summed E-state index contributed by atoms with van der Waals surface area (Å²) in [6, 6.07) is 16.2. The Labute approximate surface area is 161 Å². The fourth-order valence-corrected chi connectivity index (χ4v) is 3.31. The SMILES string of the molecule is CCCCOc1ccc(C2NNCC2C(=O)NCc2cccc(C)c2)cc1. The van der Waals surface area contributed by atoms with Crippen LogP contribution in [0.5, 0.6) is 5.75 Å². The molecule has 2 aromatic rings. The van der Waals surface area contributed by atoms with Gasteiger partial charge in [0, 0.05) is 13.1 Å². The number of hydrazine groups is 1. The van der Waals surface area contributed by atoms with Crippen LogP contribution in [0.1, 0.15) is 42.5 Å². The molecule has 0 radical (unpaired) electrons. The Kier molecular flexibility index (Phi) is 6.85. The van der Waals surface area contributed by atoms with Gasteiger partial charge in [-0.15, -0.1) is 0 Å². The fourth-order valence-electron chi connectivity index (χ4n) is 3.31. The molecule has 3 rings (SSSR count). The summed E-state index contributed by atoms with van der Waals surface area (Å²) in [6.07, 6.45) is 2.17. The molecule has 2 atom stereocenters. The standard InChI is InChI=1S/C22H29N3O2/c1-3-4-12-27-19-10-8-18(9-11-19)21-20(15-24-25-21)22(26)23-14-17-7-5-6-16(2)13-17/h5-11,13,20-21,24-25H,3-4,12,14-15H2,1-2H3,(H,23,26). The Morgan fingerprint density at radius 1 is 1.22 bits per heavy atom. The molecule has 5 nitrogen and oxygen atoms in total. The molecule has 0 aromatic heterocycles. The van der Waals surface area contributed by atoms with Crippen molar-refractivity contribution in [2.24, 2.45) is 5.92 Å². The minimum absolute atomic E-state index is 0.0489. The van der Waals surface area contributed by atoms with E-state index >= 15 is 0 Å². The summed E-state index contributed by atoms with van der Waals surface area (Å²) in [5.41, 5.74) is 9.75. The molecular formula is C22H29N3O2. The van der Waals surface area contributed by atoms with Gasteiger partial charge >= 0.3 is 0 Å². The molecule has 0 aliphatic carbocycles. The monoisotopic (exact) mass is 367 g/mol. The molecule has 1 aliphatic heterocycles. The van der Waals surface area contributed by atoms with Gasteiger partial charge in [0.2, 0.25) is 5.91 Å². The van der Waals surface area contributed by atoms with Crippen molar-refractivity contribution in [1.29, 1.82) is 0 Å². The molecule has 3 N–H and O–H groups in total. The fraction of sp³-hybridized carbons (Fsp3) is 0.409. The van der Waals surface area contributed by atoms with Crippen LogP contribution in [0, 0.1) is 12.8 Å². The minimum atomic E-state index is -0.151. The van der Waals surface area contributed by atoms with E-state index in [9.17, 15) is 4.79 Å². The van der Waals surface area contributed by atoms with Crippen LogP contribution in [0.3, 0.4) is 0 Å². The number of carbonyl (C=O) groups excluding carboxylic acids is 1. The number of carbonyl (C=O) groups is 1. The predicted molar refractivity (Wildman–Crippen MR) is 107 cm³/mol. The molecule has 1 saturated heterocycles. The predicted octanol–water partition coefficient (Wildman–Crippen LogP) is 3.26. The second kappa shape index (κ2) is 9.53. The molecule has 1 fully saturated rings. The van der Waals surface area contributed by atoms with E-state index in [2.05, 4.69) is 42.1 Å². The van der Waals surface area contributed by atoms with Crippen molar-refractivity contribution in [3.8, 4) is 5.75 Å². The van der Waals surface area contributed by atoms with Gasteiger partial charge in [0.15, 0.2) is 0 Å². The van der Waals surface area contributed by atoms with E-state index in [1.807, 2.05) is 36.4 Å². The first-order chi connectivity index (χ1) is 13.2. The van der Waals surface area contributed by atoms with Gasteiger partial charge in [-0.25, -0.2) is 5.43 Å². The lowest BCUT2D eigenvalue weighted by atomic mass is 9.94. The maximum Gasteiger partial charge on any atom is 0.226 e. The Hall–Kier alpha value is -2.37. The van der Waals surface area contributed by atoms with E-state index in [0.717, 1.165) is 36.3 Å². The van der Waals surface area contributed by atoms with Crippen LogP contribution in [0.4, 0.5) is 0 Å². The van der Waals surface area contributed by atoms with Crippen molar-refractivity contribution in [3.05, 3.63) is 65.2 Å². The van der Waals surface area contributed by atoms with Crippen molar-refractivity contribution >= 4 is 5.91 Å². The third-order valence-electron chi connectivity index (χ3n) is 4.87. The number of unbranched alkanes of at least 4 members (excludes halogenated alkanes) is 1. The zero-order valence-corrected chi connectivity index (χ0v) is 16.1.